The lowest BCUT2D eigenvalue weighted by Crippen LogP contribution is -2.30. The molecule has 0 saturated heterocycles. The second kappa shape index (κ2) is 6.69. The molecule has 0 saturated carbocycles. The zero-order chi connectivity index (χ0) is 12.3. The minimum Gasteiger partial charge on any atom is -0.508 e. The molecule has 0 aliphatic heterocycles. The van der Waals surface area contributed by atoms with Crippen molar-refractivity contribution < 1.29 is 14.9 Å². The summed E-state index contributed by atoms with van der Waals surface area (Å²) in [5, 5.41) is 19.2. The van der Waals surface area contributed by atoms with E-state index in [1.54, 1.807) is 6.07 Å². The Labute approximate surface area is 108 Å². The van der Waals surface area contributed by atoms with Gasteiger partial charge in [-0.3, -0.25) is 0 Å². The van der Waals surface area contributed by atoms with Gasteiger partial charge in [-0.25, -0.2) is 0 Å². The zero-order valence-corrected chi connectivity index (χ0v) is 11.1. The average Bonchev–Trinajstić information content (AvgIpc) is 2.26. The van der Waals surface area contributed by atoms with Crippen LogP contribution in [0, 0.1) is 5.92 Å². The fraction of sp³-hybridized carbons (Fsp3) is 0.500. The van der Waals surface area contributed by atoms with Crippen LogP contribution in [-0.4, -0.2) is 23.4 Å². The standard InChI is InChI=1S/C12H19NO3.ClH/c1-7(2)12(15)11(13)9-5-4-8(14)6-10(9)16-3;/h4-7,11-12,14-15H,13H2,1-3H3;1H/t11-,12+;/m1./s1. The second-order valence-electron chi connectivity index (χ2n) is 4.19. The number of rotatable bonds is 4. The SMILES string of the molecule is COc1cc(O)ccc1[C@@H](N)[C@@H](O)C(C)C.Cl. The van der Waals surface area contributed by atoms with Crippen molar-refractivity contribution in [1.82, 2.24) is 0 Å². The summed E-state index contributed by atoms with van der Waals surface area (Å²) in [7, 11) is 1.51. The van der Waals surface area contributed by atoms with Crippen molar-refractivity contribution in [3.8, 4) is 11.5 Å². The summed E-state index contributed by atoms with van der Waals surface area (Å²) >= 11 is 0. The first-order valence-corrected chi connectivity index (χ1v) is 5.28. The maximum atomic E-state index is 9.89. The van der Waals surface area contributed by atoms with Crippen LogP contribution in [0.25, 0.3) is 0 Å². The van der Waals surface area contributed by atoms with Crippen LogP contribution in [0.15, 0.2) is 18.2 Å². The molecule has 0 unspecified atom stereocenters. The Hall–Kier alpha value is -0.970. The van der Waals surface area contributed by atoms with Gasteiger partial charge in [-0.1, -0.05) is 13.8 Å². The monoisotopic (exact) mass is 261 g/mol. The van der Waals surface area contributed by atoms with Crippen molar-refractivity contribution in [2.75, 3.05) is 7.11 Å². The Bertz CT molecular complexity index is 358. The highest BCUT2D eigenvalue weighted by molar-refractivity contribution is 5.85. The van der Waals surface area contributed by atoms with Crippen molar-refractivity contribution in [1.29, 1.82) is 0 Å². The van der Waals surface area contributed by atoms with E-state index in [2.05, 4.69) is 0 Å². The summed E-state index contributed by atoms with van der Waals surface area (Å²) in [5.74, 6) is 0.674. The molecule has 0 aliphatic carbocycles. The lowest BCUT2D eigenvalue weighted by Gasteiger charge is -2.24. The number of phenolic OH excluding ortho intramolecular Hbond substituents is 1. The van der Waals surface area contributed by atoms with Gasteiger partial charge in [-0.2, -0.15) is 0 Å². The van der Waals surface area contributed by atoms with E-state index in [1.807, 2.05) is 13.8 Å². The number of methoxy groups -OCH3 is 1. The highest BCUT2D eigenvalue weighted by Gasteiger charge is 2.23. The molecule has 98 valence electrons. The molecule has 0 radical (unpaired) electrons. The van der Waals surface area contributed by atoms with Crippen LogP contribution < -0.4 is 10.5 Å². The van der Waals surface area contributed by atoms with E-state index in [1.165, 1.54) is 19.2 Å². The molecule has 0 amide bonds. The van der Waals surface area contributed by atoms with Crippen LogP contribution in [0.1, 0.15) is 25.5 Å². The normalized spacial score (nSPS) is 14.0. The fourth-order valence-electron chi connectivity index (χ4n) is 1.57. The van der Waals surface area contributed by atoms with Gasteiger partial charge in [0.15, 0.2) is 0 Å². The van der Waals surface area contributed by atoms with E-state index in [-0.39, 0.29) is 24.1 Å². The van der Waals surface area contributed by atoms with E-state index in [0.717, 1.165) is 0 Å². The molecule has 5 heteroatoms. The number of aromatic hydroxyl groups is 1. The second-order valence-corrected chi connectivity index (χ2v) is 4.19. The van der Waals surface area contributed by atoms with Crippen LogP contribution in [0.3, 0.4) is 0 Å². The Kier molecular flexibility index (Phi) is 6.31. The Balaban J connectivity index is 0.00000256. The van der Waals surface area contributed by atoms with Gasteiger partial charge >= 0.3 is 0 Å². The minimum absolute atomic E-state index is 0. The van der Waals surface area contributed by atoms with Gasteiger partial charge in [0.25, 0.3) is 0 Å². The number of nitrogens with two attached hydrogens (primary N) is 1. The van der Waals surface area contributed by atoms with Crippen molar-refractivity contribution in [3.05, 3.63) is 23.8 Å². The van der Waals surface area contributed by atoms with Crippen molar-refractivity contribution in [3.63, 3.8) is 0 Å². The van der Waals surface area contributed by atoms with Crippen LogP contribution in [0.4, 0.5) is 0 Å². The topological polar surface area (TPSA) is 75.7 Å². The lowest BCUT2D eigenvalue weighted by atomic mass is 9.94. The third-order valence-electron chi connectivity index (χ3n) is 2.63. The third kappa shape index (κ3) is 3.77. The molecule has 0 aliphatic rings. The fourth-order valence-corrected chi connectivity index (χ4v) is 1.57. The summed E-state index contributed by atoms with van der Waals surface area (Å²) in [6.45, 7) is 3.80. The molecule has 4 N–H and O–H groups in total. The predicted molar refractivity (Wildman–Crippen MR) is 69.7 cm³/mol. The Morgan fingerprint density at radius 1 is 1.29 bits per heavy atom. The highest BCUT2D eigenvalue weighted by atomic mass is 35.5. The molecule has 0 aromatic heterocycles. The maximum absolute atomic E-state index is 9.89. The average molecular weight is 262 g/mol. The van der Waals surface area contributed by atoms with E-state index >= 15 is 0 Å². The molecule has 0 heterocycles. The largest absolute Gasteiger partial charge is 0.508 e. The Morgan fingerprint density at radius 2 is 1.88 bits per heavy atom. The molecule has 0 spiro atoms. The van der Waals surface area contributed by atoms with Gasteiger partial charge in [-0.15, -0.1) is 12.4 Å². The molecular formula is C12H20ClNO3. The third-order valence-corrected chi connectivity index (χ3v) is 2.63. The van der Waals surface area contributed by atoms with Gasteiger partial charge in [-0.05, 0) is 18.1 Å². The van der Waals surface area contributed by atoms with E-state index < -0.39 is 12.1 Å². The van der Waals surface area contributed by atoms with Crippen LogP contribution in [0.2, 0.25) is 0 Å². The number of benzene rings is 1. The number of hydrogen-bond donors (Lipinski definition) is 3. The summed E-state index contributed by atoms with van der Waals surface area (Å²) in [6.07, 6.45) is -0.640. The first kappa shape index (κ1) is 16.0. The zero-order valence-electron chi connectivity index (χ0n) is 10.3. The van der Waals surface area contributed by atoms with Gasteiger partial charge < -0.3 is 20.7 Å². The summed E-state index contributed by atoms with van der Waals surface area (Å²) in [6, 6.07) is 4.17. The number of aliphatic hydroxyl groups is 1. The van der Waals surface area contributed by atoms with E-state index in [0.29, 0.717) is 11.3 Å². The quantitative estimate of drug-likeness (QED) is 0.773. The molecular weight excluding hydrogens is 242 g/mol. The number of aliphatic hydroxyl groups excluding tert-OH is 1. The van der Waals surface area contributed by atoms with Crippen molar-refractivity contribution in [2.24, 2.45) is 11.7 Å². The first-order valence-electron chi connectivity index (χ1n) is 5.28. The van der Waals surface area contributed by atoms with Crippen LogP contribution in [-0.2, 0) is 0 Å². The smallest absolute Gasteiger partial charge is 0.127 e. The Morgan fingerprint density at radius 3 is 2.35 bits per heavy atom. The molecule has 4 nitrogen and oxygen atoms in total. The molecule has 1 rings (SSSR count). The lowest BCUT2D eigenvalue weighted by molar-refractivity contribution is 0.0969. The number of phenols is 1. The van der Waals surface area contributed by atoms with Crippen LogP contribution in [0.5, 0.6) is 11.5 Å². The molecule has 0 bridgehead atoms. The van der Waals surface area contributed by atoms with Crippen LogP contribution >= 0.6 is 12.4 Å². The molecule has 17 heavy (non-hydrogen) atoms. The van der Waals surface area contributed by atoms with Gasteiger partial charge in [0.2, 0.25) is 0 Å². The van der Waals surface area contributed by atoms with Gasteiger partial charge in [0.05, 0.1) is 19.3 Å². The minimum atomic E-state index is -0.640. The van der Waals surface area contributed by atoms with E-state index in [9.17, 15) is 10.2 Å². The summed E-state index contributed by atoms with van der Waals surface area (Å²) in [4.78, 5) is 0. The molecule has 2 atom stereocenters. The highest BCUT2D eigenvalue weighted by Crippen LogP contribution is 2.30. The molecule has 1 aromatic carbocycles. The van der Waals surface area contributed by atoms with Gasteiger partial charge in [0, 0.05) is 11.6 Å². The van der Waals surface area contributed by atoms with Crippen molar-refractivity contribution >= 4 is 12.4 Å². The number of halogens is 1. The first-order chi connectivity index (χ1) is 7.47. The predicted octanol–water partition coefficient (Wildman–Crippen LogP) is 1.84. The summed E-state index contributed by atoms with van der Waals surface area (Å²) < 4.78 is 5.13. The molecule has 1 aromatic rings. The summed E-state index contributed by atoms with van der Waals surface area (Å²) in [5.41, 5.74) is 6.65. The van der Waals surface area contributed by atoms with Crippen molar-refractivity contribution in [2.45, 2.75) is 26.0 Å². The number of ether oxygens (including phenoxy) is 1. The molecule has 0 fully saturated rings. The maximum Gasteiger partial charge on any atom is 0.127 e. The number of hydrogen-bond acceptors (Lipinski definition) is 4. The van der Waals surface area contributed by atoms with E-state index in [4.69, 9.17) is 10.5 Å². The van der Waals surface area contributed by atoms with Gasteiger partial charge in [0.1, 0.15) is 11.5 Å².